The van der Waals surface area contributed by atoms with Crippen LogP contribution in [0.15, 0.2) is 0 Å². The summed E-state index contributed by atoms with van der Waals surface area (Å²) in [5.41, 5.74) is -1.76. The maximum atomic E-state index is 13.7. The van der Waals surface area contributed by atoms with E-state index in [-0.39, 0.29) is 36.1 Å². The zero-order valence-electron chi connectivity index (χ0n) is 30.5. The predicted octanol–water partition coefficient (Wildman–Crippen LogP) is 11.4. The van der Waals surface area contributed by atoms with Crippen LogP contribution < -0.4 is 0 Å². The van der Waals surface area contributed by atoms with Gasteiger partial charge < -0.3 is 20.1 Å². The summed E-state index contributed by atoms with van der Waals surface area (Å²) in [6.07, 6.45) is 24.3. The van der Waals surface area contributed by atoms with E-state index in [1.807, 2.05) is 0 Å². The number of rotatable bonds is 31. The fourth-order valence-corrected chi connectivity index (χ4v) is 6.63. The van der Waals surface area contributed by atoms with E-state index in [1.165, 1.54) is 44.9 Å². The van der Waals surface area contributed by atoms with Gasteiger partial charge in [0, 0.05) is 0 Å². The summed E-state index contributed by atoms with van der Waals surface area (Å²) in [7, 11) is 0. The Bertz CT molecular complexity index is 1090. The van der Waals surface area contributed by atoms with Crippen LogP contribution in [-0.2, 0) is 17.6 Å². The van der Waals surface area contributed by atoms with Gasteiger partial charge in [-0.25, -0.2) is 19.2 Å². The molecule has 8 heteroatoms. The van der Waals surface area contributed by atoms with E-state index in [2.05, 4.69) is 20.8 Å². The second kappa shape index (κ2) is 27.0. The average Bonchev–Trinajstić information content (AvgIpc) is 3.05. The van der Waals surface area contributed by atoms with Crippen LogP contribution in [0.1, 0.15) is 227 Å². The molecule has 0 atom stereocenters. The van der Waals surface area contributed by atoms with Crippen LogP contribution >= 0.6 is 0 Å². The lowest BCUT2D eigenvalue weighted by molar-refractivity contribution is 0.0484. The summed E-state index contributed by atoms with van der Waals surface area (Å²) in [5, 5.41) is 31.2. The molecule has 1 aromatic rings. The molecule has 0 aliphatic carbocycles. The molecule has 1 rings (SSSR count). The van der Waals surface area contributed by atoms with Crippen molar-refractivity contribution in [1.29, 1.82) is 0 Å². The molecular formula is C40H66O8. The van der Waals surface area contributed by atoms with Crippen molar-refractivity contribution >= 4 is 23.9 Å². The van der Waals surface area contributed by atoms with Gasteiger partial charge in [-0.3, -0.25) is 0 Å². The maximum absolute atomic E-state index is 13.7. The first-order valence-corrected chi connectivity index (χ1v) is 19.3. The van der Waals surface area contributed by atoms with Crippen molar-refractivity contribution < 1.29 is 39.2 Å². The molecule has 0 unspecified atom stereocenters. The summed E-state index contributed by atoms with van der Waals surface area (Å²) in [4.78, 5) is 52.0. The highest BCUT2D eigenvalue weighted by atomic mass is 16.5. The highest BCUT2D eigenvalue weighted by Gasteiger charge is 2.35. The van der Waals surface area contributed by atoms with Gasteiger partial charge in [0.15, 0.2) is 0 Å². The highest BCUT2D eigenvalue weighted by molar-refractivity contribution is 6.12. The van der Waals surface area contributed by atoms with Gasteiger partial charge in [-0.2, -0.15) is 0 Å². The van der Waals surface area contributed by atoms with Crippen LogP contribution in [0.2, 0.25) is 0 Å². The van der Waals surface area contributed by atoms with Crippen LogP contribution in [0.25, 0.3) is 0 Å². The lowest BCUT2D eigenvalue weighted by atomic mass is 9.82. The van der Waals surface area contributed by atoms with Gasteiger partial charge in [-0.1, -0.05) is 156 Å². The van der Waals surface area contributed by atoms with E-state index in [9.17, 15) is 34.5 Å². The number of hydrogen-bond donors (Lipinski definition) is 3. The zero-order valence-corrected chi connectivity index (χ0v) is 30.5. The van der Waals surface area contributed by atoms with Crippen molar-refractivity contribution in [3.05, 3.63) is 33.4 Å². The minimum absolute atomic E-state index is 0.0242. The minimum atomic E-state index is -1.49. The largest absolute Gasteiger partial charge is 0.478 e. The Balaban J connectivity index is 3.35. The average molecular weight is 675 g/mol. The molecule has 48 heavy (non-hydrogen) atoms. The van der Waals surface area contributed by atoms with Crippen molar-refractivity contribution in [2.75, 3.05) is 6.61 Å². The number of benzene rings is 1. The second-order valence-corrected chi connectivity index (χ2v) is 13.4. The summed E-state index contributed by atoms with van der Waals surface area (Å²) < 4.78 is 5.62. The fourth-order valence-electron chi connectivity index (χ4n) is 6.63. The summed E-state index contributed by atoms with van der Waals surface area (Å²) in [6, 6.07) is 0. The molecular weight excluding hydrogens is 608 g/mol. The summed E-state index contributed by atoms with van der Waals surface area (Å²) in [5.74, 6) is -5.25. The third kappa shape index (κ3) is 16.5. The molecule has 0 saturated heterocycles. The van der Waals surface area contributed by atoms with E-state index < -0.39 is 40.6 Å². The van der Waals surface area contributed by atoms with Gasteiger partial charge >= 0.3 is 23.9 Å². The van der Waals surface area contributed by atoms with Crippen LogP contribution in [0, 0.1) is 0 Å². The number of esters is 1. The van der Waals surface area contributed by atoms with Crippen LogP contribution in [0.4, 0.5) is 0 Å². The van der Waals surface area contributed by atoms with Crippen LogP contribution in [0.3, 0.4) is 0 Å². The van der Waals surface area contributed by atoms with Crippen molar-refractivity contribution in [2.45, 2.75) is 188 Å². The summed E-state index contributed by atoms with van der Waals surface area (Å²) in [6.45, 7) is 6.60. The Hall–Kier alpha value is -2.90. The van der Waals surface area contributed by atoms with E-state index in [0.717, 1.165) is 89.9 Å². The monoisotopic (exact) mass is 674 g/mol. The molecule has 0 aromatic heterocycles. The fraction of sp³-hybridized carbons (Fsp3) is 0.750. The van der Waals surface area contributed by atoms with Crippen molar-refractivity contribution in [3.63, 3.8) is 0 Å². The second-order valence-electron chi connectivity index (χ2n) is 13.4. The molecule has 3 N–H and O–H groups in total. The highest BCUT2D eigenvalue weighted by Crippen LogP contribution is 2.33. The number of aromatic carboxylic acids is 3. The van der Waals surface area contributed by atoms with Gasteiger partial charge in [-0.05, 0) is 43.2 Å². The first kappa shape index (κ1) is 43.1. The number of carbonyl (C=O) groups excluding carboxylic acids is 1. The van der Waals surface area contributed by atoms with Crippen molar-refractivity contribution in [1.82, 2.24) is 0 Å². The maximum Gasteiger partial charge on any atom is 0.339 e. The van der Waals surface area contributed by atoms with Crippen molar-refractivity contribution in [3.8, 4) is 0 Å². The molecule has 0 bridgehead atoms. The van der Waals surface area contributed by atoms with Gasteiger partial charge in [0.2, 0.25) is 0 Å². The van der Waals surface area contributed by atoms with Gasteiger partial charge in [-0.15, -0.1) is 0 Å². The standard InChI is InChI=1S/C40H66O8/c1-4-7-10-13-16-19-22-25-28-31-33(37(41)42)34(38(43)44)32(29-26-23-20-17-14-11-8-5-2)36(35(31)39(45)46)40(47)48-30-27-24-21-18-15-12-9-6-3/h4-30H2,1-3H3,(H,41,42)(H,43,44)(H,45,46). The van der Waals surface area contributed by atoms with Gasteiger partial charge in [0.25, 0.3) is 0 Å². The lowest BCUT2D eigenvalue weighted by Gasteiger charge is -2.21. The molecule has 0 spiro atoms. The number of hydrogen-bond acceptors (Lipinski definition) is 5. The van der Waals surface area contributed by atoms with E-state index in [0.29, 0.717) is 19.3 Å². The van der Waals surface area contributed by atoms with Crippen molar-refractivity contribution in [2.24, 2.45) is 0 Å². The Kier molecular flexibility index (Phi) is 24.2. The molecule has 0 radical (unpaired) electrons. The number of carboxylic acid groups (broad SMARTS) is 3. The quantitative estimate of drug-likeness (QED) is 0.0522. The Morgan fingerprint density at radius 2 is 0.667 bits per heavy atom. The first-order chi connectivity index (χ1) is 23.2. The SMILES string of the molecule is CCCCCCCCCCOC(=O)c1c(CCCCCCCCCC)c(C(=O)O)c(C(=O)O)c(CCCCCCCCCC)c1C(=O)O. The number of ether oxygens (including phenoxy) is 1. The first-order valence-electron chi connectivity index (χ1n) is 19.3. The number of unbranched alkanes of at least 4 members (excludes halogenated alkanes) is 21. The molecule has 0 heterocycles. The Morgan fingerprint density at radius 3 is 1.00 bits per heavy atom. The number of carboxylic acids is 3. The molecule has 8 nitrogen and oxygen atoms in total. The lowest BCUT2D eigenvalue weighted by Crippen LogP contribution is -2.25. The minimum Gasteiger partial charge on any atom is -0.478 e. The topological polar surface area (TPSA) is 138 Å². The van der Waals surface area contributed by atoms with Crippen LogP contribution in [0.5, 0.6) is 0 Å². The Labute approximate surface area is 290 Å². The van der Waals surface area contributed by atoms with E-state index >= 15 is 0 Å². The Morgan fingerprint density at radius 1 is 0.396 bits per heavy atom. The molecule has 0 fully saturated rings. The predicted molar refractivity (Wildman–Crippen MR) is 193 cm³/mol. The van der Waals surface area contributed by atoms with E-state index in [4.69, 9.17) is 4.74 Å². The number of carbonyl (C=O) groups is 4. The van der Waals surface area contributed by atoms with E-state index in [1.54, 1.807) is 0 Å². The molecule has 0 amide bonds. The van der Waals surface area contributed by atoms with Gasteiger partial charge in [0.05, 0.1) is 28.9 Å². The molecule has 0 aliphatic heterocycles. The zero-order chi connectivity index (χ0) is 35.6. The molecule has 1 aromatic carbocycles. The molecule has 0 aliphatic rings. The molecule has 0 saturated carbocycles. The third-order valence-corrected chi connectivity index (χ3v) is 9.34. The summed E-state index contributed by atoms with van der Waals surface area (Å²) >= 11 is 0. The normalized spacial score (nSPS) is 11.1. The van der Waals surface area contributed by atoms with Crippen LogP contribution in [-0.4, -0.2) is 45.8 Å². The molecule has 274 valence electrons. The van der Waals surface area contributed by atoms with Gasteiger partial charge in [0.1, 0.15) is 0 Å². The smallest absolute Gasteiger partial charge is 0.339 e. The third-order valence-electron chi connectivity index (χ3n) is 9.34.